The second kappa shape index (κ2) is 4.33. The Morgan fingerprint density at radius 1 is 1.38 bits per heavy atom. The van der Waals surface area contributed by atoms with Crippen LogP contribution in [0.3, 0.4) is 0 Å². The Kier molecular flexibility index (Phi) is 3.48. The minimum absolute atomic E-state index is 0.541. The molecule has 0 atom stereocenters. The van der Waals surface area contributed by atoms with Crippen molar-refractivity contribution < 1.29 is 22.0 Å². The molecule has 0 unspecified atom stereocenters. The van der Waals surface area contributed by atoms with Crippen LogP contribution in [-0.4, -0.2) is 4.98 Å². The smallest absolute Gasteiger partial charge is 0.240 e. The van der Waals surface area contributed by atoms with E-state index in [1.807, 2.05) is 0 Å². The quantitative estimate of drug-likeness (QED) is 0.742. The highest BCUT2D eigenvalue weighted by Gasteiger charge is 2.36. The second-order valence-corrected chi connectivity index (χ2v) is 3.52. The Hall–Kier alpha value is -1.23. The van der Waals surface area contributed by atoms with Crippen molar-refractivity contribution in [3.05, 3.63) is 27.5 Å². The molecule has 0 bridgehead atoms. The summed E-state index contributed by atoms with van der Waals surface area (Å²) in [6.07, 6.45) is -8.08. The lowest BCUT2D eigenvalue weighted by atomic mass is 10.2. The van der Waals surface area contributed by atoms with E-state index in [0.29, 0.717) is 6.07 Å². The minimum atomic E-state index is -4.85. The van der Waals surface area contributed by atoms with Gasteiger partial charge in [-0.25, -0.2) is 13.8 Å². The summed E-state index contributed by atoms with van der Waals surface area (Å²) in [7, 11) is 0. The summed E-state index contributed by atoms with van der Waals surface area (Å²) in [6, 6.07) is 2.03. The molecule has 0 aliphatic rings. The summed E-state index contributed by atoms with van der Waals surface area (Å²) in [4.78, 5) is 2.77. The van der Waals surface area contributed by atoms with Gasteiger partial charge in [0.05, 0.1) is 5.56 Å². The van der Waals surface area contributed by atoms with Crippen molar-refractivity contribution in [1.29, 1.82) is 5.26 Å². The lowest BCUT2D eigenvalue weighted by Crippen LogP contribution is -2.12. The van der Waals surface area contributed by atoms with Gasteiger partial charge in [-0.2, -0.15) is 18.4 Å². The van der Waals surface area contributed by atoms with E-state index in [2.05, 4.69) is 20.9 Å². The Morgan fingerprint density at radius 2 is 1.94 bits per heavy atom. The standard InChI is InChI=1S/C8H2BrF5N2/c9-4-1-3(2-15)5(7(10)11)16-6(4)8(12,13)14/h1,7H. The zero-order valence-electron chi connectivity index (χ0n) is 7.32. The molecular weight excluding hydrogens is 299 g/mol. The summed E-state index contributed by atoms with van der Waals surface area (Å²) in [5.74, 6) is 0. The van der Waals surface area contributed by atoms with Crippen LogP contribution in [0.4, 0.5) is 22.0 Å². The van der Waals surface area contributed by atoms with Gasteiger partial charge >= 0.3 is 6.18 Å². The Morgan fingerprint density at radius 3 is 2.31 bits per heavy atom. The van der Waals surface area contributed by atoms with Gasteiger partial charge in [-0.15, -0.1) is 0 Å². The molecule has 2 nitrogen and oxygen atoms in total. The molecule has 0 aliphatic carbocycles. The van der Waals surface area contributed by atoms with Crippen molar-refractivity contribution in [2.24, 2.45) is 0 Å². The van der Waals surface area contributed by atoms with E-state index in [1.54, 1.807) is 0 Å². The molecule has 0 aromatic carbocycles. The number of alkyl halides is 5. The lowest BCUT2D eigenvalue weighted by Gasteiger charge is -2.10. The zero-order valence-corrected chi connectivity index (χ0v) is 8.90. The summed E-state index contributed by atoms with van der Waals surface area (Å²) in [6.45, 7) is 0. The van der Waals surface area contributed by atoms with Crippen molar-refractivity contribution in [3.63, 3.8) is 0 Å². The van der Waals surface area contributed by atoms with E-state index >= 15 is 0 Å². The number of aromatic nitrogens is 1. The van der Waals surface area contributed by atoms with Gasteiger partial charge in [-0.3, -0.25) is 0 Å². The first kappa shape index (κ1) is 12.8. The summed E-state index contributed by atoms with van der Waals surface area (Å²) in [5.41, 5.74) is -3.23. The third kappa shape index (κ3) is 2.47. The van der Waals surface area contributed by atoms with Crippen LogP contribution >= 0.6 is 15.9 Å². The van der Waals surface area contributed by atoms with Crippen LogP contribution in [0.15, 0.2) is 10.5 Å². The molecule has 0 amide bonds. The molecule has 1 rings (SSSR count). The molecule has 0 spiro atoms. The maximum Gasteiger partial charge on any atom is 0.434 e. The Balaban J connectivity index is 3.47. The van der Waals surface area contributed by atoms with E-state index in [-0.39, 0.29) is 0 Å². The van der Waals surface area contributed by atoms with Gasteiger partial charge in [0.15, 0.2) is 5.69 Å². The van der Waals surface area contributed by atoms with Crippen molar-refractivity contribution in [1.82, 2.24) is 4.98 Å². The first-order chi connectivity index (χ1) is 7.27. The number of rotatable bonds is 1. The average Bonchev–Trinajstić information content (AvgIpc) is 2.14. The molecule has 1 aromatic rings. The molecule has 86 valence electrons. The number of hydrogen-bond acceptors (Lipinski definition) is 2. The number of nitriles is 1. The number of nitrogens with zero attached hydrogens (tertiary/aromatic N) is 2. The number of hydrogen-bond donors (Lipinski definition) is 0. The first-order valence-corrected chi connectivity index (χ1v) is 4.52. The van der Waals surface area contributed by atoms with Crippen molar-refractivity contribution in [2.45, 2.75) is 12.6 Å². The van der Waals surface area contributed by atoms with Crippen molar-refractivity contribution >= 4 is 15.9 Å². The van der Waals surface area contributed by atoms with Crippen LogP contribution in [-0.2, 0) is 6.18 Å². The highest BCUT2D eigenvalue weighted by Crippen LogP contribution is 2.35. The molecule has 0 saturated carbocycles. The summed E-state index contributed by atoms with van der Waals surface area (Å²) < 4.78 is 61.0. The minimum Gasteiger partial charge on any atom is -0.240 e. The molecule has 0 fully saturated rings. The molecule has 0 aliphatic heterocycles. The predicted molar refractivity (Wildman–Crippen MR) is 46.6 cm³/mol. The highest BCUT2D eigenvalue weighted by molar-refractivity contribution is 9.10. The van der Waals surface area contributed by atoms with Gasteiger partial charge < -0.3 is 0 Å². The predicted octanol–water partition coefficient (Wildman–Crippen LogP) is 3.67. The largest absolute Gasteiger partial charge is 0.434 e. The monoisotopic (exact) mass is 300 g/mol. The normalized spacial score (nSPS) is 11.6. The maximum atomic E-state index is 12.3. The maximum absolute atomic E-state index is 12.3. The van der Waals surface area contributed by atoms with E-state index in [0.717, 1.165) is 0 Å². The molecule has 1 aromatic heterocycles. The van der Waals surface area contributed by atoms with E-state index in [1.165, 1.54) is 6.07 Å². The van der Waals surface area contributed by atoms with Crippen LogP contribution < -0.4 is 0 Å². The Labute approximate surface area is 94.8 Å². The molecule has 0 radical (unpaired) electrons. The third-order valence-electron chi connectivity index (χ3n) is 1.60. The highest BCUT2D eigenvalue weighted by atomic mass is 79.9. The van der Waals surface area contributed by atoms with Gasteiger partial charge in [-0.05, 0) is 22.0 Å². The molecule has 1 heterocycles. The van der Waals surface area contributed by atoms with Crippen LogP contribution in [0.2, 0.25) is 0 Å². The summed E-state index contributed by atoms with van der Waals surface area (Å²) in [5, 5.41) is 8.46. The topological polar surface area (TPSA) is 36.7 Å². The number of halogens is 6. The molecule has 8 heteroatoms. The van der Waals surface area contributed by atoms with Crippen molar-refractivity contribution in [3.8, 4) is 6.07 Å². The van der Waals surface area contributed by atoms with Crippen molar-refractivity contribution in [2.75, 3.05) is 0 Å². The number of pyridine rings is 1. The van der Waals surface area contributed by atoms with Gasteiger partial charge in [0.2, 0.25) is 0 Å². The fraction of sp³-hybridized carbons (Fsp3) is 0.250. The van der Waals surface area contributed by atoms with Gasteiger partial charge in [0.25, 0.3) is 6.43 Å². The van der Waals surface area contributed by atoms with Crippen LogP contribution in [0, 0.1) is 11.3 Å². The van der Waals surface area contributed by atoms with Crippen LogP contribution in [0.1, 0.15) is 23.4 Å². The van der Waals surface area contributed by atoms with Crippen LogP contribution in [0.5, 0.6) is 0 Å². The SMILES string of the molecule is N#Cc1cc(Br)c(C(F)(F)F)nc1C(F)F. The molecule has 0 N–H and O–H groups in total. The zero-order chi connectivity index (χ0) is 12.5. The molecular formula is C8H2BrF5N2. The van der Waals surface area contributed by atoms with Gasteiger partial charge in [0.1, 0.15) is 11.8 Å². The average molecular weight is 301 g/mol. The first-order valence-electron chi connectivity index (χ1n) is 3.73. The van der Waals surface area contributed by atoms with E-state index < -0.39 is 34.0 Å². The lowest BCUT2D eigenvalue weighted by molar-refractivity contribution is -0.142. The van der Waals surface area contributed by atoms with Gasteiger partial charge in [0, 0.05) is 4.47 Å². The van der Waals surface area contributed by atoms with E-state index in [4.69, 9.17) is 5.26 Å². The van der Waals surface area contributed by atoms with Crippen LogP contribution in [0.25, 0.3) is 0 Å². The van der Waals surface area contributed by atoms with E-state index in [9.17, 15) is 22.0 Å². The fourth-order valence-electron chi connectivity index (χ4n) is 0.958. The summed E-state index contributed by atoms with van der Waals surface area (Å²) >= 11 is 2.53. The third-order valence-corrected chi connectivity index (χ3v) is 2.21. The molecule has 16 heavy (non-hydrogen) atoms. The van der Waals surface area contributed by atoms with Gasteiger partial charge in [-0.1, -0.05) is 0 Å². The second-order valence-electron chi connectivity index (χ2n) is 2.66. The fourth-order valence-corrected chi connectivity index (χ4v) is 1.50. The Bertz CT molecular complexity index is 448. The molecule has 0 saturated heterocycles.